The van der Waals surface area contributed by atoms with Crippen LogP contribution in [0, 0.1) is 5.92 Å². The van der Waals surface area contributed by atoms with Crippen molar-refractivity contribution in [2.75, 3.05) is 19.3 Å². The Morgan fingerprint density at radius 1 is 1.31 bits per heavy atom. The van der Waals surface area contributed by atoms with E-state index in [9.17, 15) is 0 Å². The van der Waals surface area contributed by atoms with E-state index in [0.717, 1.165) is 24.7 Å². The highest BCUT2D eigenvalue weighted by Gasteiger charge is 2.07. The third kappa shape index (κ3) is 4.23. The molecule has 1 rings (SSSR count). The molecule has 0 aliphatic heterocycles. The monoisotopic (exact) mass is 220 g/mol. The second kappa shape index (κ2) is 6.54. The molecule has 0 heterocycles. The highest BCUT2D eigenvalue weighted by molar-refractivity contribution is 5.46. The van der Waals surface area contributed by atoms with Gasteiger partial charge in [-0.25, -0.2) is 0 Å². The summed E-state index contributed by atoms with van der Waals surface area (Å²) in [7, 11) is 2.17. The maximum Gasteiger partial charge on any atom is 0.0359 e. The minimum absolute atomic E-state index is 0.764. The second-order valence-corrected chi connectivity index (χ2v) is 4.79. The van der Waals surface area contributed by atoms with E-state index in [4.69, 9.17) is 5.73 Å². The second-order valence-electron chi connectivity index (χ2n) is 4.79. The van der Waals surface area contributed by atoms with Crippen molar-refractivity contribution in [1.82, 2.24) is 4.90 Å². The van der Waals surface area contributed by atoms with Crippen molar-refractivity contribution >= 4 is 5.69 Å². The van der Waals surface area contributed by atoms with E-state index < -0.39 is 0 Å². The van der Waals surface area contributed by atoms with Gasteiger partial charge in [-0.1, -0.05) is 38.5 Å². The maximum atomic E-state index is 5.93. The lowest BCUT2D eigenvalue weighted by Crippen LogP contribution is -2.24. The summed E-state index contributed by atoms with van der Waals surface area (Å²) in [6.07, 6.45) is 2.57. The molecule has 0 amide bonds. The molecule has 16 heavy (non-hydrogen) atoms. The summed E-state index contributed by atoms with van der Waals surface area (Å²) in [5, 5.41) is 0. The van der Waals surface area contributed by atoms with Crippen LogP contribution in [-0.2, 0) is 6.54 Å². The third-order valence-corrected chi connectivity index (χ3v) is 2.90. The molecule has 0 aromatic heterocycles. The van der Waals surface area contributed by atoms with Crippen molar-refractivity contribution in [3.63, 3.8) is 0 Å². The minimum Gasteiger partial charge on any atom is -0.398 e. The molecule has 0 saturated heterocycles. The zero-order chi connectivity index (χ0) is 12.0. The molecule has 2 N–H and O–H groups in total. The molecule has 1 aromatic rings. The molecule has 0 saturated carbocycles. The number of benzene rings is 1. The highest BCUT2D eigenvalue weighted by Crippen LogP contribution is 2.14. The number of nitrogen functional groups attached to an aromatic ring is 1. The number of nitrogens with two attached hydrogens (primary N) is 1. The zero-order valence-corrected chi connectivity index (χ0v) is 10.7. The van der Waals surface area contributed by atoms with Crippen LogP contribution in [0.2, 0.25) is 0 Å². The van der Waals surface area contributed by atoms with Gasteiger partial charge in [0, 0.05) is 18.8 Å². The highest BCUT2D eigenvalue weighted by atomic mass is 15.1. The van der Waals surface area contributed by atoms with Gasteiger partial charge in [0.1, 0.15) is 0 Å². The standard InChI is InChI=1S/C14H24N2/c1-4-7-12(2)10-16(3)11-13-8-5-6-9-14(13)15/h5-6,8-9,12H,4,7,10-11,15H2,1-3H3. The van der Waals surface area contributed by atoms with Gasteiger partial charge in [-0.15, -0.1) is 0 Å². The number of anilines is 1. The van der Waals surface area contributed by atoms with Gasteiger partial charge in [0.2, 0.25) is 0 Å². The van der Waals surface area contributed by atoms with Crippen LogP contribution in [0.5, 0.6) is 0 Å². The molecule has 1 atom stereocenters. The van der Waals surface area contributed by atoms with E-state index in [1.54, 1.807) is 0 Å². The van der Waals surface area contributed by atoms with E-state index >= 15 is 0 Å². The Bertz CT molecular complexity index is 309. The molecule has 0 bridgehead atoms. The van der Waals surface area contributed by atoms with Crippen molar-refractivity contribution < 1.29 is 0 Å². The Kier molecular flexibility index (Phi) is 5.33. The molecule has 1 aromatic carbocycles. The fourth-order valence-corrected chi connectivity index (χ4v) is 2.15. The number of hydrogen-bond acceptors (Lipinski definition) is 2. The van der Waals surface area contributed by atoms with Crippen LogP contribution in [0.1, 0.15) is 32.3 Å². The predicted molar refractivity (Wildman–Crippen MR) is 71.3 cm³/mol. The average Bonchev–Trinajstić information content (AvgIpc) is 2.21. The van der Waals surface area contributed by atoms with Crippen LogP contribution >= 0.6 is 0 Å². The smallest absolute Gasteiger partial charge is 0.0359 e. The summed E-state index contributed by atoms with van der Waals surface area (Å²) in [6, 6.07) is 8.11. The topological polar surface area (TPSA) is 29.3 Å². The Morgan fingerprint density at radius 2 is 2.00 bits per heavy atom. The van der Waals surface area contributed by atoms with E-state index in [1.165, 1.54) is 18.4 Å². The van der Waals surface area contributed by atoms with Crippen LogP contribution < -0.4 is 5.73 Å². The van der Waals surface area contributed by atoms with Gasteiger partial charge in [0.05, 0.1) is 0 Å². The van der Waals surface area contributed by atoms with Crippen molar-refractivity contribution in [2.24, 2.45) is 5.92 Å². The van der Waals surface area contributed by atoms with Crippen molar-refractivity contribution in [1.29, 1.82) is 0 Å². The Hall–Kier alpha value is -1.02. The molecular formula is C14H24N2. The number of rotatable bonds is 6. The minimum atomic E-state index is 0.764. The zero-order valence-electron chi connectivity index (χ0n) is 10.7. The Balaban J connectivity index is 2.45. The normalized spacial score (nSPS) is 13.0. The summed E-state index contributed by atoms with van der Waals surface area (Å²) in [6.45, 7) is 6.64. The predicted octanol–water partition coefficient (Wildman–Crippen LogP) is 3.14. The lowest BCUT2D eigenvalue weighted by atomic mass is 10.1. The Labute approximate surface area is 99.5 Å². The van der Waals surface area contributed by atoms with Crippen LogP contribution in [0.15, 0.2) is 24.3 Å². The van der Waals surface area contributed by atoms with Crippen LogP contribution in [-0.4, -0.2) is 18.5 Å². The molecule has 2 nitrogen and oxygen atoms in total. The molecule has 0 aliphatic carbocycles. The molecule has 0 fully saturated rings. The first-order chi connectivity index (χ1) is 7.63. The number of nitrogens with zero attached hydrogens (tertiary/aromatic N) is 1. The van der Waals surface area contributed by atoms with Crippen LogP contribution in [0.3, 0.4) is 0 Å². The van der Waals surface area contributed by atoms with Crippen LogP contribution in [0.25, 0.3) is 0 Å². The third-order valence-electron chi connectivity index (χ3n) is 2.90. The van der Waals surface area contributed by atoms with E-state index in [2.05, 4.69) is 37.9 Å². The summed E-state index contributed by atoms with van der Waals surface area (Å²) in [5.41, 5.74) is 8.06. The molecule has 1 unspecified atom stereocenters. The van der Waals surface area contributed by atoms with Gasteiger partial charge in [0.25, 0.3) is 0 Å². The first-order valence-electron chi connectivity index (χ1n) is 6.15. The lowest BCUT2D eigenvalue weighted by Gasteiger charge is -2.21. The summed E-state index contributed by atoms with van der Waals surface area (Å²) < 4.78 is 0. The SMILES string of the molecule is CCCC(C)CN(C)Cc1ccccc1N. The largest absolute Gasteiger partial charge is 0.398 e. The van der Waals surface area contributed by atoms with Crippen molar-refractivity contribution in [3.8, 4) is 0 Å². The van der Waals surface area contributed by atoms with Gasteiger partial charge in [-0.3, -0.25) is 0 Å². The van der Waals surface area contributed by atoms with E-state index in [1.807, 2.05) is 12.1 Å². The first kappa shape index (κ1) is 13.0. The Morgan fingerprint density at radius 3 is 2.62 bits per heavy atom. The fraction of sp³-hybridized carbons (Fsp3) is 0.571. The fourth-order valence-electron chi connectivity index (χ4n) is 2.15. The van der Waals surface area contributed by atoms with Gasteiger partial charge in [-0.2, -0.15) is 0 Å². The average molecular weight is 220 g/mol. The molecular weight excluding hydrogens is 196 g/mol. The van der Waals surface area contributed by atoms with Crippen LogP contribution in [0.4, 0.5) is 5.69 Å². The van der Waals surface area contributed by atoms with E-state index in [-0.39, 0.29) is 0 Å². The van der Waals surface area contributed by atoms with Gasteiger partial charge < -0.3 is 10.6 Å². The van der Waals surface area contributed by atoms with E-state index in [0.29, 0.717) is 0 Å². The maximum absolute atomic E-state index is 5.93. The first-order valence-corrected chi connectivity index (χ1v) is 6.15. The summed E-state index contributed by atoms with van der Waals surface area (Å²) in [5.74, 6) is 0.764. The van der Waals surface area contributed by atoms with Crippen molar-refractivity contribution in [2.45, 2.75) is 33.2 Å². The lowest BCUT2D eigenvalue weighted by molar-refractivity contribution is 0.271. The molecule has 0 radical (unpaired) electrons. The van der Waals surface area contributed by atoms with Gasteiger partial charge >= 0.3 is 0 Å². The quantitative estimate of drug-likeness (QED) is 0.746. The molecule has 0 aliphatic rings. The van der Waals surface area contributed by atoms with Gasteiger partial charge in [0.15, 0.2) is 0 Å². The molecule has 90 valence electrons. The molecule has 2 heteroatoms. The number of hydrogen-bond donors (Lipinski definition) is 1. The molecule has 0 spiro atoms. The summed E-state index contributed by atoms with van der Waals surface area (Å²) >= 11 is 0. The summed E-state index contributed by atoms with van der Waals surface area (Å²) in [4.78, 5) is 2.35. The van der Waals surface area contributed by atoms with Crippen molar-refractivity contribution in [3.05, 3.63) is 29.8 Å². The number of para-hydroxylation sites is 1. The van der Waals surface area contributed by atoms with Gasteiger partial charge in [-0.05, 0) is 31.0 Å².